The molecule has 7 rings (SSSR count). The number of carbonyl (C=O) groups excluding carboxylic acids is 2. The molecule has 0 radical (unpaired) electrons. The third kappa shape index (κ3) is 1.10. The maximum absolute atomic E-state index is 12.7. The quantitative estimate of drug-likeness (QED) is 0.723. The van der Waals surface area contributed by atoms with Crippen molar-refractivity contribution in [2.75, 3.05) is 20.0 Å². The molecule has 6 fully saturated rings. The van der Waals surface area contributed by atoms with Crippen LogP contribution < -0.4 is 0 Å². The molecule has 5 bridgehead atoms. The van der Waals surface area contributed by atoms with Crippen LogP contribution in [-0.4, -0.2) is 36.7 Å². The highest BCUT2D eigenvalue weighted by molar-refractivity contribution is 8.01. The Kier molecular flexibility index (Phi) is 2.21. The molecule has 1 heterocycles. The fraction of sp³-hybridized carbons (Fsp3) is 0.778. The number of hydrogen-bond donors (Lipinski definition) is 0. The van der Waals surface area contributed by atoms with Crippen molar-refractivity contribution in [3.8, 4) is 0 Å². The van der Waals surface area contributed by atoms with Crippen molar-refractivity contribution in [2.45, 2.75) is 17.6 Å². The first-order valence-corrected chi connectivity index (χ1v) is 9.68. The lowest BCUT2D eigenvalue weighted by molar-refractivity contribution is -0.183. The van der Waals surface area contributed by atoms with Gasteiger partial charge < -0.3 is 9.47 Å². The Balaban J connectivity index is 1.56. The third-order valence-electron chi connectivity index (χ3n) is 8.28. The molecule has 7 aliphatic rings. The Morgan fingerprint density at radius 1 is 1.00 bits per heavy atom. The van der Waals surface area contributed by atoms with Gasteiger partial charge in [0, 0.05) is 5.75 Å². The van der Waals surface area contributed by atoms with Gasteiger partial charge in [-0.3, -0.25) is 0 Å². The molecule has 1 aliphatic heterocycles. The largest absolute Gasteiger partial charge is 0.466 e. The Morgan fingerprint density at radius 2 is 1.74 bits per heavy atom. The van der Waals surface area contributed by atoms with Crippen molar-refractivity contribution in [3.63, 3.8) is 0 Å². The van der Waals surface area contributed by atoms with E-state index in [9.17, 15) is 9.59 Å². The van der Waals surface area contributed by atoms with Crippen molar-refractivity contribution >= 4 is 23.7 Å². The summed E-state index contributed by atoms with van der Waals surface area (Å²) in [5.41, 5.74) is 1.27. The summed E-state index contributed by atoms with van der Waals surface area (Å²) in [6.45, 7) is 0. The van der Waals surface area contributed by atoms with Gasteiger partial charge in [0.2, 0.25) is 0 Å². The first kappa shape index (κ1) is 13.3. The molecule has 23 heavy (non-hydrogen) atoms. The number of hydrogen-bond acceptors (Lipinski definition) is 5. The minimum Gasteiger partial charge on any atom is -0.466 e. The second-order valence-electron chi connectivity index (χ2n) is 8.26. The molecular formula is C18H20O4S. The van der Waals surface area contributed by atoms with Crippen molar-refractivity contribution in [3.05, 3.63) is 11.1 Å². The van der Waals surface area contributed by atoms with Gasteiger partial charge in [-0.2, -0.15) is 0 Å². The molecule has 0 amide bonds. The van der Waals surface area contributed by atoms with E-state index in [1.807, 2.05) is 11.8 Å². The number of thioether (sulfide) groups is 1. The lowest BCUT2D eigenvalue weighted by Gasteiger charge is -2.68. The standard InChI is InChI=1S/C18H20O4S/c1-21-16(19)9-5-23-18(15(9)17(20)22-2)13-6-3-7-10-8(4-6)14(18)12(10)11(7)13/h6-8,10-14H,3-5H2,1-2H3. The molecule has 9 atom stereocenters. The van der Waals surface area contributed by atoms with Gasteiger partial charge >= 0.3 is 11.9 Å². The fourth-order valence-corrected chi connectivity index (χ4v) is 10.2. The summed E-state index contributed by atoms with van der Waals surface area (Å²) >= 11 is 1.87. The molecule has 0 saturated heterocycles. The van der Waals surface area contributed by atoms with Crippen molar-refractivity contribution in [2.24, 2.45) is 47.3 Å². The van der Waals surface area contributed by atoms with Gasteiger partial charge in [-0.15, -0.1) is 11.8 Å². The molecule has 5 heteroatoms. The smallest absolute Gasteiger partial charge is 0.335 e. The average Bonchev–Trinajstić information content (AvgIpc) is 2.97. The summed E-state index contributed by atoms with van der Waals surface area (Å²) < 4.78 is 9.98. The molecule has 6 aliphatic carbocycles. The van der Waals surface area contributed by atoms with E-state index in [0.29, 0.717) is 28.7 Å². The van der Waals surface area contributed by atoms with Crippen LogP contribution in [0.5, 0.6) is 0 Å². The minimum atomic E-state index is -0.340. The van der Waals surface area contributed by atoms with Crippen molar-refractivity contribution in [1.82, 2.24) is 0 Å². The number of ether oxygens (including phenoxy) is 2. The van der Waals surface area contributed by atoms with Crippen LogP contribution in [0.3, 0.4) is 0 Å². The lowest BCUT2D eigenvalue weighted by atomic mass is 9.38. The van der Waals surface area contributed by atoms with Gasteiger partial charge in [-0.25, -0.2) is 9.59 Å². The molecule has 9 unspecified atom stereocenters. The van der Waals surface area contributed by atoms with Crippen LogP contribution in [0.15, 0.2) is 11.1 Å². The summed E-state index contributed by atoms with van der Waals surface area (Å²) in [6.07, 6.45) is 2.73. The van der Waals surface area contributed by atoms with E-state index in [2.05, 4.69) is 0 Å². The van der Waals surface area contributed by atoms with Crippen LogP contribution in [-0.2, 0) is 19.1 Å². The predicted octanol–water partition coefficient (Wildman–Crippen LogP) is 1.89. The maximum atomic E-state index is 12.7. The highest BCUT2D eigenvalue weighted by atomic mass is 32.2. The highest BCUT2D eigenvalue weighted by Gasteiger charge is 2.87. The van der Waals surface area contributed by atoms with Gasteiger partial charge in [-0.05, 0) is 60.2 Å². The highest BCUT2D eigenvalue weighted by Crippen LogP contribution is 2.89. The zero-order valence-corrected chi connectivity index (χ0v) is 14.1. The van der Waals surface area contributed by atoms with Crippen molar-refractivity contribution in [1.29, 1.82) is 0 Å². The van der Waals surface area contributed by atoms with Gasteiger partial charge in [0.1, 0.15) is 0 Å². The summed E-state index contributed by atoms with van der Waals surface area (Å²) in [4.78, 5) is 25.0. The number of carbonyl (C=O) groups is 2. The average molecular weight is 332 g/mol. The Hall–Kier alpha value is -0.970. The van der Waals surface area contributed by atoms with Crippen LogP contribution in [0.25, 0.3) is 0 Å². The lowest BCUT2D eigenvalue weighted by Crippen LogP contribution is -2.65. The zero-order valence-electron chi connectivity index (χ0n) is 13.3. The molecular weight excluding hydrogens is 312 g/mol. The Morgan fingerprint density at radius 3 is 2.48 bits per heavy atom. The van der Waals surface area contributed by atoms with Crippen molar-refractivity contribution < 1.29 is 19.1 Å². The van der Waals surface area contributed by atoms with Crippen LogP contribution in [0.1, 0.15) is 12.8 Å². The fourth-order valence-electron chi connectivity index (χ4n) is 8.16. The third-order valence-corrected chi connectivity index (χ3v) is 9.94. The van der Waals surface area contributed by atoms with Gasteiger partial charge in [0.25, 0.3) is 0 Å². The van der Waals surface area contributed by atoms with Crippen LogP contribution >= 0.6 is 11.8 Å². The second-order valence-corrected chi connectivity index (χ2v) is 9.51. The number of methoxy groups -OCH3 is 2. The summed E-state index contributed by atoms with van der Waals surface area (Å²) in [7, 11) is 2.84. The molecule has 0 aromatic rings. The normalized spacial score (nSPS) is 55.9. The van der Waals surface area contributed by atoms with Gasteiger partial charge in [0.15, 0.2) is 0 Å². The molecule has 0 N–H and O–H groups in total. The van der Waals surface area contributed by atoms with E-state index in [0.717, 1.165) is 35.5 Å². The minimum absolute atomic E-state index is 0.138. The van der Waals surface area contributed by atoms with E-state index >= 15 is 0 Å². The Labute approximate surface area is 139 Å². The first-order valence-electron chi connectivity index (χ1n) is 8.69. The molecule has 0 aromatic heterocycles. The first-order chi connectivity index (χ1) is 11.1. The molecule has 122 valence electrons. The van der Waals surface area contributed by atoms with E-state index in [-0.39, 0.29) is 16.7 Å². The maximum Gasteiger partial charge on any atom is 0.335 e. The predicted molar refractivity (Wildman–Crippen MR) is 83.4 cm³/mol. The van der Waals surface area contributed by atoms with Crippen LogP contribution in [0.4, 0.5) is 0 Å². The number of esters is 2. The topological polar surface area (TPSA) is 52.6 Å². The van der Waals surface area contributed by atoms with E-state index in [1.54, 1.807) is 0 Å². The van der Waals surface area contributed by atoms with Crippen LogP contribution in [0.2, 0.25) is 0 Å². The summed E-state index contributed by atoms with van der Waals surface area (Å²) in [5.74, 6) is 6.24. The summed E-state index contributed by atoms with van der Waals surface area (Å²) in [5, 5.41) is 0. The van der Waals surface area contributed by atoms with E-state index in [4.69, 9.17) is 9.47 Å². The SMILES string of the molecule is COC(=O)C1=C(C(=O)OC)C2(SC1)C1C3CC4C5C(C3)C2C5C41. The van der Waals surface area contributed by atoms with Crippen LogP contribution in [0, 0.1) is 47.3 Å². The number of rotatable bonds is 2. The van der Waals surface area contributed by atoms with Gasteiger partial charge in [-0.1, -0.05) is 0 Å². The summed E-state index contributed by atoms with van der Waals surface area (Å²) in [6, 6.07) is 0. The molecule has 0 aromatic carbocycles. The second kappa shape index (κ2) is 3.81. The monoisotopic (exact) mass is 332 g/mol. The molecule has 1 spiro atoms. The Bertz CT molecular complexity index is 693. The molecule has 4 nitrogen and oxygen atoms in total. The van der Waals surface area contributed by atoms with E-state index in [1.165, 1.54) is 27.1 Å². The van der Waals surface area contributed by atoms with Gasteiger partial charge in [0.05, 0.1) is 30.1 Å². The van der Waals surface area contributed by atoms with E-state index < -0.39 is 0 Å². The molecule has 6 saturated carbocycles. The zero-order chi connectivity index (χ0) is 15.7.